The number of rotatable bonds is 5. The molecule has 0 saturated carbocycles. The summed E-state index contributed by atoms with van der Waals surface area (Å²) in [5.74, 6) is 0.829. The number of nitrogens with one attached hydrogen (secondary N) is 2. The van der Waals surface area contributed by atoms with Crippen LogP contribution in [0.25, 0.3) is 0 Å². The van der Waals surface area contributed by atoms with Crippen molar-refractivity contribution in [3.8, 4) is 0 Å². The average Bonchev–Trinajstić information content (AvgIpc) is 3.13. The van der Waals surface area contributed by atoms with Crippen molar-refractivity contribution in [3.05, 3.63) is 21.9 Å². The molecular formula is C15H24N4OS. The van der Waals surface area contributed by atoms with Crippen molar-refractivity contribution in [2.24, 2.45) is 4.99 Å². The SMILES string of the molecule is CCNC(=NCC(=O)N1CCCC1)NCc1sccc1C. The van der Waals surface area contributed by atoms with E-state index in [9.17, 15) is 4.79 Å². The average molecular weight is 308 g/mol. The highest BCUT2D eigenvalue weighted by Crippen LogP contribution is 2.14. The van der Waals surface area contributed by atoms with Crippen molar-refractivity contribution in [3.63, 3.8) is 0 Å². The number of aryl methyl sites for hydroxylation is 1. The Morgan fingerprint density at radius 3 is 2.76 bits per heavy atom. The number of amides is 1. The first-order chi connectivity index (χ1) is 10.2. The molecule has 116 valence electrons. The lowest BCUT2D eigenvalue weighted by Crippen LogP contribution is -2.38. The van der Waals surface area contributed by atoms with E-state index >= 15 is 0 Å². The Kier molecular flexibility index (Phi) is 6.04. The molecule has 1 aliphatic rings. The van der Waals surface area contributed by atoms with Crippen LogP contribution >= 0.6 is 11.3 Å². The number of hydrogen-bond donors (Lipinski definition) is 2. The Labute approximate surface area is 130 Å². The van der Waals surface area contributed by atoms with E-state index in [1.807, 2.05) is 11.8 Å². The molecule has 5 nitrogen and oxygen atoms in total. The molecule has 6 heteroatoms. The van der Waals surface area contributed by atoms with Crippen molar-refractivity contribution in [1.82, 2.24) is 15.5 Å². The summed E-state index contributed by atoms with van der Waals surface area (Å²) < 4.78 is 0. The molecule has 0 radical (unpaired) electrons. The Hall–Kier alpha value is -1.56. The maximum Gasteiger partial charge on any atom is 0.244 e. The third kappa shape index (κ3) is 4.74. The molecule has 0 aromatic carbocycles. The topological polar surface area (TPSA) is 56.7 Å². The number of nitrogens with zero attached hydrogens (tertiary/aromatic N) is 2. The minimum atomic E-state index is 0.122. The summed E-state index contributed by atoms with van der Waals surface area (Å²) >= 11 is 1.73. The zero-order chi connectivity index (χ0) is 15.1. The van der Waals surface area contributed by atoms with Gasteiger partial charge in [0.05, 0.1) is 6.54 Å². The van der Waals surface area contributed by atoms with E-state index in [0.717, 1.165) is 39.0 Å². The van der Waals surface area contributed by atoms with Crippen LogP contribution in [-0.2, 0) is 11.3 Å². The molecule has 0 atom stereocenters. The predicted molar refractivity (Wildman–Crippen MR) is 87.7 cm³/mol. The Bertz CT molecular complexity index is 492. The summed E-state index contributed by atoms with van der Waals surface area (Å²) in [4.78, 5) is 19.6. The first kappa shape index (κ1) is 15.8. The fourth-order valence-corrected chi connectivity index (χ4v) is 3.15. The highest BCUT2D eigenvalue weighted by atomic mass is 32.1. The van der Waals surface area contributed by atoms with Gasteiger partial charge in [-0.05, 0) is 43.7 Å². The molecule has 1 saturated heterocycles. The van der Waals surface area contributed by atoms with Gasteiger partial charge in [-0.3, -0.25) is 4.79 Å². The molecule has 0 spiro atoms. The van der Waals surface area contributed by atoms with Crippen molar-refractivity contribution in [1.29, 1.82) is 0 Å². The molecule has 21 heavy (non-hydrogen) atoms. The largest absolute Gasteiger partial charge is 0.357 e. The van der Waals surface area contributed by atoms with Crippen molar-refractivity contribution >= 4 is 23.2 Å². The molecule has 1 aromatic rings. The van der Waals surface area contributed by atoms with Crippen LogP contribution in [0.3, 0.4) is 0 Å². The van der Waals surface area contributed by atoms with Gasteiger partial charge >= 0.3 is 0 Å². The van der Waals surface area contributed by atoms with Gasteiger partial charge in [-0.2, -0.15) is 0 Å². The highest BCUT2D eigenvalue weighted by molar-refractivity contribution is 7.10. The van der Waals surface area contributed by atoms with E-state index in [4.69, 9.17) is 0 Å². The Morgan fingerprint density at radius 2 is 2.14 bits per heavy atom. The summed E-state index contributed by atoms with van der Waals surface area (Å²) in [6, 6.07) is 2.11. The molecule has 1 aromatic heterocycles. The van der Waals surface area contributed by atoms with Crippen LogP contribution in [0.2, 0.25) is 0 Å². The normalized spacial score (nSPS) is 15.3. The molecule has 0 aliphatic carbocycles. The maximum atomic E-state index is 12.0. The zero-order valence-electron chi connectivity index (χ0n) is 12.8. The minimum Gasteiger partial charge on any atom is -0.357 e. The van der Waals surface area contributed by atoms with Gasteiger partial charge in [0, 0.05) is 24.5 Å². The van der Waals surface area contributed by atoms with Gasteiger partial charge in [-0.25, -0.2) is 4.99 Å². The fourth-order valence-electron chi connectivity index (χ4n) is 2.30. The van der Waals surface area contributed by atoms with Crippen molar-refractivity contribution in [2.45, 2.75) is 33.2 Å². The van der Waals surface area contributed by atoms with Crippen LogP contribution in [0.1, 0.15) is 30.2 Å². The lowest BCUT2D eigenvalue weighted by Gasteiger charge is -2.15. The van der Waals surface area contributed by atoms with Crippen LogP contribution < -0.4 is 10.6 Å². The summed E-state index contributed by atoms with van der Waals surface area (Å²) in [5, 5.41) is 8.56. The molecule has 2 N–H and O–H groups in total. The number of likely N-dealkylation sites (tertiary alicyclic amines) is 1. The van der Waals surface area contributed by atoms with E-state index in [1.165, 1.54) is 10.4 Å². The van der Waals surface area contributed by atoms with E-state index in [2.05, 4.69) is 34.0 Å². The number of thiophene rings is 1. The van der Waals surface area contributed by atoms with Gasteiger partial charge in [-0.1, -0.05) is 0 Å². The molecule has 1 amide bonds. The van der Waals surface area contributed by atoms with E-state index in [-0.39, 0.29) is 12.5 Å². The van der Waals surface area contributed by atoms with Gasteiger partial charge in [0.1, 0.15) is 6.54 Å². The summed E-state index contributed by atoms with van der Waals surface area (Å²) in [7, 11) is 0. The van der Waals surface area contributed by atoms with Gasteiger partial charge in [0.25, 0.3) is 0 Å². The Morgan fingerprint density at radius 1 is 1.38 bits per heavy atom. The smallest absolute Gasteiger partial charge is 0.244 e. The van der Waals surface area contributed by atoms with Gasteiger partial charge in [-0.15, -0.1) is 11.3 Å². The number of carbonyl (C=O) groups excluding carboxylic acids is 1. The molecular weight excluding hydrogens is 284 g/mol. The van der Waals surface area contributed by atoms with E-state index in [0.29, 0.717) is 5.96 Å². The highest BCUT2D eigenvalue weighted by Gasteiger charge is 2.17. The third-order valence-corrected chi connectivity index (χ3v) is 4.58. The first-order valence-electron chi connectivity index (χ1n) is 7.53. The predicted octanol–water partition coefficient (Wildman–Crippen LogP) is 1.73. The molecule has 2 heterocycles. The van der Waals surface area contributed by atoms with Crippen LogP contribution in [0.5, 0.6) is 0 Å². The van der Waals surface area contributed by atoms with Crippen molar-refractivity contribution in [2.75, 3.05) is 26.2 Å². The van der Waals surface area contributed by atoms with Crippen LogP contribution in [0.4, 0.5) is 0 Å². The standard InChI is InChI=1S/C15H24N4OS/c1-3-16-15(17-10-13-12(2)6-9-21-13)18-11-14(20)19-7-4-5-8-19/h6,9H,3-5,7-8,10-11H2,1-2H3,(H2,16,17,18). The summed E-state index contributed by atoms with van der Waals surface area (Å²) in [6.07, 6.45) is 2.23. The number of aliphatic imine (C=N–C) groups is 1. The lowest BCUT2D eigenvalue weighted by atomic mass is 10.3. The third-order valence-electron chi connectivity index (χ3n) is 3.56. The quantitative estimate of drug-likeness (QED) is 0.643. The molecule has 0 bridgehead atoms. The number of guanidine groups is 1. The zero-order valence-corrected chi connectivity index (χ0v) is 13.6. The second-order valence-corrected chi connectivity index (χ2v) is 6.16. The Balaban J connectivity index is 1.86. The van der Waals surface area contributed by atoms with Gasteiger partial charge in [0.2, 0.25) is 5.91 Å². The van der Waals surface area contributed by atoms with Crippen LogP contribution in [0, 0.1) is 6.92 Å². The molecule has 1 aliphatic heterocycles. The van der Waals surface area contributed by atoms with E-state index < -0.39 is 0 Å². The molecule has 1 fully saturated rings. The summed E-state index contributed by atoms with van der Waals surface area (Å²) in [5.41, 5.74) is 1.29. The molecule has 2 rings (SSSR count). The fraction of sp³-hybridized carbons (Fsp3) is 0.600. The van der Waals surface area contributed by atoms with Crippen LogP contribution in [-0.4, -0.2) is 42.9 Å². The van der Waals surface area contributed by atoms with Gasteiger partial charge < -0.3 is 15.5 Å². The van der Waals surface area contributed by atoms with Crippen molar-refractivity contribution < 1.29 is 4.79 Å². The maximum absolute atomic E-state index is 12.0. The second-order valence-electron chi connectivity index (χ2n) is 5.16. The molecule has 0 unspecified atom stereocenters. The minimum absolute atomic E-state index is 0.122. The second kappa shape index (κ2) is 8.02. The lowest BCUT2D eigenvalue weighted by molar-refractivity contribution is -0.128. The first-order valence-corrected chi connectivity index (χ1v) is 8.41. The number of hydrogen-bond acceptors (Lipinski definition) is 3. The van der Waals surface area contributed by atoms with E-state index in [1.54, 1.807) is 11.3 Å². The van der Waals surface area contributed by atoms with Crippen LogP contribution in [0.15, 0.2) is 16.4 Å². The van der Waals surface area contributed by atoms with Gasteiger partial charge in [0.15, 0.2) is 5.96 Å². The monoisotopic (exact) mass is 308 g/mol. The summed E-state index contributed by atoms with van der Waals surface area (Å²) in [6.45, 7) is 7.64. The number of carbonyl (C=O) groups is 1.